The lowest BCUT2D eigenvalue weighted by molar-refractivity contribution is -0.137. The maximum absolute atomic E-state index is 12.8. The molecule has 0 radical (unpaired) electrons. The smallest absolute Gasteiger partial charge is 0.375 e. The summed E-state index contributed by atoms with van der Waals surface area (Å²) in [7, 11) is 1.20. The fraction of sp³-hybridized carbons (Fsp3) is 0.231. The van der Waals surface area contributed by atoms with Crippen LogP contribution in [0.5, 0.6) is 0 Å². The molecule has 21 heavy (non-hydrogen) atoms. The third-order valence-corrected chi connectivity index (χ3v) is 3.04. The Balaban J connectivity index is 2.56. The van der Waals surface area contributed by atoms with Gasteiger partial charge in [0.25, 0.3) is 5.56 Å². The molecule has 0 aliphatic heterocycles. The van der Waals surface area contributed by atoms with Crippen molar-refractivity contribution in [2.24, 2.45) is 0 Å². The number of alkyl halides is 3. The minimum atomic E-state index is -4.58. The Morgan fingerprint density at radius 1 is 1.43 bits per heavy atom. The molecular formula is C13H11ClF3N3O. The van der Waals surface area contributed by atoms with Crippen molar-refractivity contribution in [3.05, 3.63) is 51.4 Å². The molecule has 4 nitrogen and oxygen atoms in total. The van der Waals surface area contributed by atoms with Gasteiger partial charge < -0.3 is 4.90 Å². The molecule has 1 heterocycles. The van der Waals surface area contributed by atoms with Crippen molar-refractivity contribution in [3.63, 3.8) is 0 Å². The standard InChI is InChI=1S/C13H11ClF3N3O/c1-19(2)10-7-18-20(12(21)11(10)14)9-5-3-4-8(6-9)13(15,16)17/h3-7H,1-2H3/i1D3. The summed E-state index contributed by atoms with van der Waals surface area (Å²) in [5, 5.41) is 3.27. The van der Waals surface area contributed by atoms with Crippen LogP contribution in [0.1, 0.15) is 9.68 Å². The minimum Gasteiger partial charge on any atom is -0.375 e. The van der Waals surface area contributed by atoms with E-state index >= 15 is 0 Å². The van der Waals surface area contributed by atoms with Crippen molar-refractivity contribution in [1.29, 1.82) is 0 Å². The molecule has 112 valence electrons. The summed E-state index contributed by atoms with van der Waals surface area (Å²) in [5.41, 5.74) is -2.16. The van der Waals surface area contributed by atoms with E-state index in [4.69, 9.17) is 15.7 Å². The molecule has 0 fully saturated rings. The van der Waals surface area contributed by atoms with Crippen molar-refractivity contribution in [1.82, 2.24) is 9.78 Å². The second-order valence-corrected chi connectivity index (χ2v) is 4.55. The summed E-state index contributed by atoms with van der Waals surface area (Å²) >= 11 is 5.89. The molecule has 0 aliphatic carbocycles. The van der Waals surface area contributed by atoms with Crippen LogP contribution in [-0.2, 0) is 6.18 Å². The third-order valence-electron chi connectivity index (χ3n) is 2.68. The average Bonchev–Trinajstić information content (AvgIpc) is 2.47. The Kier molecular flexibility index (Phi) is 2.99. The van der Waals surface area contributed by atoms with Gasteiger partial charge in [0, 0.05) is 18.1 Å². The summed E-state index contributed by atoms with van der Waals surface area (Å²) in [5.74, 6) is 0. The van der Waals surface area contributed by atoms with E-state index in [1.54, 1.807) is 0 Å². The predicted octanol–water partition coefficient (Wildman–Crippen LogP) is 2.97. The highest BCUT2D eigenvalue weighted by atomic mass is 35.5. The van der Waals surface area contributed by atoms with Crippen LogP contribution in [0.25, 0.3) is 5.69 Å². The number of benzene rings is 1. The van der Waals surface area contributed by atoms with Crippen LogP contribution >= 0.6 is 11.6 Å². The monoisotopic (exact) mass is 320 g/mol. The fourth-order valence-electron chi connectivity index (χ4n) is 1.66. The van der Waals surface area contributed by atoms with E-state index in [1.807, 2.05) is 0 Å². The number of hydrogen-bond acceptors (Lipinski definition) is 3. The highest BCUT2D eigenvalue weighted by Crippen LogP contribution is 2.30. The van der Waals surface area contributed by atoms with Gasteiger partial charge in [0.15, 0.2) is 0 Å². The number of nitrogens with zero attached hydrogens (tertiary/aromatic N) is 3. The molecule has 0 aliphatic rings. The zero-order valence-corrected chi connectivity index (χ0v) is 11.4. The quantitative estimate of drug-likeness (QED) is 0.854. The van der Waals surface area contributed by atoms with Crippen LogP contribution in [0.4, 0.5) is 18.9 Å². The van der Waals surface area contributed by atoms with Gasteiger partial charge in [-0.15, -0.1) is 0 Å². The minimum absolute atomic E-state index is 0.139. The highest BCUT2D eigenvalue weighted by molar-refractivity contribution is 6.33. The fourth-order valence-corrected chi connectivity index (χ4v) is 1.91. The third kappa shape index (κ3) is 3.02. The molecule has 8 heteroatoms. The largest absolute Gasteiger partial charge is 0.416 e. The summed E-state index contributed by atoms with van der Waals surface area (Å²) < 4.78 is 60.8. The first-order chi connectivity index (χ1) is 10.9. The van der Waals surface area contributed by atoms with Crippen LogP contribution in [-0.4, -0.2) is 23.8 Å². The molecule has 0 saturated carbocycles. The lowest BCUT2D eigenvalue weighted by atomic mass is 10.2. The molecule has 0 atom stereocenters. The van der Waals surface area contributed by atoms with E-state index in [1.165, 1.54) is 13.1 Å². The lowest BCUT2D eigenvalue weighted by Crippen LogP contribution is -2.25. The van der Waals surface area contributed by atoms with Gasteiger partial charge in [-0.2, -0.15) is 23.0 Å². The van der Waals surface area contributed by atoms with Crippen molar-refractivity contribution < 1.29 is 17.3 Å². The second kappa shape index (κ2) is 5.40. The van der Waals surface area contributed by atoms with Gasteiger partial charge in [-0.3, -0.25) is 4.79 Å². The number of anilines is 1. The van der Waals surface area contributed by atoms with Crippen LogP contribution in [0.15, 0.2) is 35.3 Å². The van der Waals surface area contributed by atoms with Gasteiger partial charge in [-0.1, -0.05) is 17.7 Å². The summed E-state index contributed by atoms with van der Waals surface area (Å²) in [4.78, 5) is 13.0. The first kappa shape index (κ1) is 11.6. The van der Waals surface area contributed by atoms with Crippen molar-refractivity contribution >= 4 is 17.3 Å². The summed E-state index contributed by atoms with van der Waals surface area (Å²) in [6.07, 6.45) is -3.57. The normalized spacial score (nSPS) is 14.2. The Bertz CT molecular complexity index is 821. The van der Waals surface area contributed by atoms with Gasteiger partial charge >= 0.3 is 6.18 Å². The first-order valence-electron chi connectivity index (χ1n) is 7.12. The van der Waals surface area contributed by atoms with E-state index < -0.39 is 29.3 Å². The molecule has 0 unspecified atom stereocenters. The lowest BCUT2D eigenvalue weighted by Gasteiger charge is -2.15. The van der Waals surface area contributed by atoms with Crippen molar-refractivity contribution in [2.45, 2.75) is 6.18 Å². The molecule has 0 amide bonds. The molecule has 0 bridgehead atoms. The number of rotatable bonds is 2. The molecule has 0 saturated heterocycles. The van der Waals surface area contributed by atoms with E-state index in [0.29, 0.717) is 4.68 Å². The zero-order chi connectivity index (χ0) is 18.3. The average molecular weight is 321 g/mol. The van der Waals surface area contributed by atoms with Crippen LogP contribution in [0.2, 0.25) is 5.02 Å². The van der Waals surface area contributed by atoms with Crippen LogP contribution in [0.3, 0.4) is 0 Å². The van der Waals surface area contributed by atoms with Gasteiger partial charge in [0.2, 0.25) is 0 Å². The van der Waals surface area contributed by atoms with E-state index in [-0.39, 0.29) is 11.4 Å². The zero-order valence-electron chi connectivity index (χ0n) is 13.6. The van der Waals surface area contributed by atoms with Gasteiger partial charge in [0.1, 0.15) is 5.02 Å². The van der Waals surface area contributed by atoms with Gasteiger partial charge in [0.05, 0.1) is 23.1 Å². The molecule has 2 rings (SSSR count). The molecule has 0 spiro atoms. The Morgan fingerprint density at radius 2 is 2.14 bits per heavy atom. The van der Waals surface area contributed by atoms with E-state index in [9.17, 15) is 18.0 Å². The maximum atomic E-state index is 12.8. The van der Waals surface area contributed by atoms with Crippen molar-refractivity contribution in [2.75, 3.05) is 18.9 Å². The summed E-state index contributed by atoms with van der Waals surface area (Å²) in [6, 6.07) is 3.99. The van der Waals surface area contributed by atoms with E-state index in [2.05, 4.69) is 5.10 Å². The number of aromatic nitrogens is 2. The topological polar surface area (TPSA) is 38.1 Å². The second-order valence-electron chi connectivity index (χ2n) is 4.17. The molecule has 1 aromatic carbocycles. The van der Waals surface area contributed by atoms with Gasteiger partial charge in [-0.05, 0) is 18.2 Å². The predicted molar refractivity (Wildman–Crippen MR) is 74.2 cm³/mol. The highest BCUT2D eigenvalue weighted by Gasteiger charge is 2.30. The Morgan fingerprint density at radius 3 is 2.76 bits per heavy atom. The SMILES string of the molecule is [2H]C([2H])([2H])N(C)c1cnn(-c2cccc(C(F)(F)F)c2)c(=O)c1Cl. The van der Waals surface area contributed by atoms with Crippen LogP contribution in [0, 0.1) is 0 Å². The maximum Gasteiger partial charge on any atom is 0.416 e. The molecular weight excluding hydrogens is 307 g/mol. The first-order valence-corrected chi connectivity index (χ1v) is 6.00. The molecule has 0 N–H and O–H groups in total. The Labute approximate surface area is 127 Å². The molecule has 1 aromatic heterocycles. The van der Waals surface area contributed by atoms with Crippen LogP contribution < -0.4 is 10.5 Å². The number of hydrogen-bond donors (Lipinski definition) is 0. The van der Waals surface area contributed by atoms with Crippen molar-refractivity contribution in [3.8, 4) is 5.69 Å². The Hall–Kier alpha value is -2.02. The van der Waals surface area contributed by atoms with E-state index in [0.717, 1.165) is 29.3 Å². The molecule has 2 aromatic rings. The summed E-state index contributed by atoms with van der Waals surface area (Å²) in [6.45, 7) is -2.56. The number of halogens is 4. The van der Waals surface area contributed by atoms with Gasteiger partial charge in [-0.25, -0.2) is 0 Å².